The maximum atomic E-state index is 11.9. The minimum absolute atomic E-state index is 0.127. The molecule has 0 saturated carbocycles. The topological polar surface area (TPSA) is 78.9 Å². The highest BCUT2D eigenvalue weighted by molar-refractivity contribution is 5.84. The molecule has 1 aromatic carbocycles. The summed E-state index contributed by atoms with van der Waals surface area (Å²) in [6.07, 6.45) is 0.0595. The molecule has 6 nitrogen and oxygen atoms in total. The molecule has 1 saturated heterocycles. The van der Waals surface area contributed by atoms with Crippen molar-refractivity contribution in [3.05, 3.63) is 35.9 Å². The molecule has 0 unspecified atom stereocenters. The fraction of sp³-hybridized carbons (Fsp3) is 0.467. The van der Waals surface area contributed by atoms with Crippen LogP contribution in [0.5, 0.6) is 0 Å². The van der Waals surface area contributed by atoms with Crippen molar-refractivity contribution < 1.29 is 19.4 Å². The SMILES string of the molecule is CN1CCC(NC(=O)OCc2ccccc2)(C(=O)O)CC1. The molecule has 0 bridgehead atoms. The minimum atomic E-state index is -1.22. The molecule has 0 atom stereocenters. The molecule has 0 aromatic heterocycles. The van der Waals surface area contributed by atoms with Crippen LogP contribution in [0.25, 0.3) is 0 Å². The van der Waals surface area contributed by atoms with Crippen molar-refractivity contribution in [2.45, 2.75) is 25.0 Å². The number of benzene rings is 1. The highest BCUT2D eigenvalue weighted by Crippen LogP contribution is 2.22. The third-order valence-corrected chi connectivity index (χ3v) is 3.80. The van der Waals surface area contributed by atoms with Gasteiger partial charge >= 0.3 is 12.1 Å². The van der Waals surface area contributed by atoms with Gasteiger partial charge in [0.15, 0.2) is 0 Å². The van der Waals surface area contributed by atoms with Crippen LogP contribution in [-0.4, -0.2) is 47.7 Å². The van der Waals surface area contributed by atoms with Crippen molar-refractivity contribution in [1.29, 1.82) is 0 Å². The van der Waals surface area contributed by atoms with Crippen molar-refractivity contribution in [3.8, 4) is 0 Å². The van der Waals surface area contributed by atoms with Gasteiger partial charge in [-0.15, -0.1) is 0 Å². The molecule has 0 radical (unpaired) electrons. The number of nitrogens with one attached hydrogen (secondary N) is 1. The van der Waals surface area contributed by atoms with Gasteiger partial charge in [-0.1, -0.05) is 30.3 Å². The Hall–Kier alpha value is -2.08. The number of likely N-dealkylation sites (tertiary alicyclic amines) is 1. The second-order valence-electron chi connectivity index (χ2n) is 5.38. The maximum absolute atomic E-state index is 11.9. The highest BCUT2D eigenvalue weighted by Gasteiger charge is 2.42. The van der Waals surface area contributed by atoms with E-state index in [1.54, 1.807) is 0 Å². The van der Waals surface area contributed by atoms with E-state index >= 15 is 0 Å². The number of carboxylic acids is 1. The predicted octanol–water partition coefficient (Wildman–Crippen LogP) is 1.46. The fourth-order valence-electron chi connectivity index (χ4n) is 2.35. The molecule has 0 aliphatic carbocycles. The fourth-order valence-corrected chi connectivity index (χ4v) is 2.35. The summed E-state index contributed by atoms with van der Waals surface area (Å²) in [5.74, 6) is -1.01. The number of amides is 1. The van der Waals surface area contributed by atoms with Crippen LogP contribution in [0.2, 0.25) is 0 Å². The predicted molar refractivity (Wildman–Crippen MR) is 76.9 cm³/mol. The van der Waals surface area contributed by atoms with Gasteiger partial charge in [0.05, 0.1) is 0 Å². The summed E-state index contributed by atoms with van der Waals surface area (Å²) in [4.78, 5) is 25.4. The van der Waals surface area contributed by atoms with Gasteiger partial charge in [-0.05, 0) is 25.5 Å². The summed E-state index contributed by atoms with van der Waals surface area (Å²) in [7, 11) is 1.93. The lowest BCUT2D eigenvalue weighted by Gasteiger charge is -2.37. The van der Waals surface area contributed by atoms with Crippen molar-refractivity contribution >= 4 is 12.1 Å². The molecular formula is C15H20N2O4. The van der Waals surface area contributed by atoms with Gasteiger partial charge < -0.3 is 20.1 Å². The van der Waals surface area contributed by atoms with E-state index in [0.29, 0.717) is 25.9 Å². The molecule has 21 heavy (non-hydrogen) atoms. The van der Waals surface area contributed by atoms with Gasteiger partial charge in [0, 0.05) is 13.1 Å². The summed E-state index contributed by atoms with van der Waals surface area (Å²) in [6.45, 7) is 1.39. The molecule has 1 aromatic rings. The monoisotopic (exact) mass is 292 g/mol. The first kappa shape index (κ1) is 15.3. The summed E-state index contributed by atoms with van der Waals surface area (Å²) in [6, 6.07) is 9.27. The molecule has 1 aliphatic heterocycles. The van der Waals surface area contributed by atoms with E-state index in [0.717, 1.165) is 5.56 Å². The Morgan fingerprint density at radius 1 is 1.29 bits per heavy atom. The molecule has 1 amide bonds. The Morgan fingerprint density at radius 3 is 2.48 bits per heavy atom. The van der Waals surface area contributed by atoms with Crippen LogP contribution >= 0.6 is 0 Å². The average molecular weight is 292 g/mol. The lowest BCUT2D eigenvalue weighted by molar-refractivity contribution is -0.146. The van der Waals surface area contributed by atoms with Crippen LogP contribution in [0.1, 0.15) is 18.4 Å². The number of nitrogens with zero attached hydrogens (tertiary/aromatic N) is 1. The third-order valence-electron chi connectivity index (χ3n) is 3.80. The van der Waals surface area contributed by atoms with Crippen molar-refractivity contribution in [3.63, 3.8) is 0 Å². The van der Waals surface area contributed by atoms with E-state index in [-0.39, 0.29) is 6.61 Å². The highest BCUT2D eigenvalue weighted by atomic mass is 16.5. The summed E-state index contributed by atoms with van der Waals surface area (Å²) in [5, 5.41) is 12.0. The van der Waals surface area contributed by atoms with Crippen LogP contribution in [0.15, 0.2) is 30.3 Å². The first-order valence-corrected chi connectivity index (χ1v) is 6.93. The minimum Gasteiger partial charge on any atom is -0.480 e. The Morgan fingerprint density at radius 2 is 1.90 bits per heavy atom. The van der Waals surface area contributed by atoms with Gasteiger partial charge in [0.25, 0.3) is 0 Å². The number of carbonyl (C=O) groups is 2. The van der Waals surface area contributed by atoms with E-state index in [9.17, 15) is 14.7 Å². The Labute approximate surface area is 123 Å². The molecule has 1 fully saturated rings. The first-order chi connectivity index (χ1) is 10.0. The molecule has 1 heterocycles. The zero-order valence-electron chi connectivity index (χ0n) is 12.0. The molecule has 0 spiro atoms. The second kappa shape index (κ2) is 6.58. The zero-order valence-corrected chi connectivity index (χ0v) is 12.0. The molecule has 114 valence electrons. The normalized spacial score (nSPS) is 18.0. The lowest BCUT2D eigenvalue weighted by Crippen LogP contribution is -2.59. The van der Waals surface area contributed by atoms with Crippen molar-refractivity contribution in [2.75, 3.05) is 20.1 Å². The third kappa shape index (κ3) is 3.95. The van der Waals surface area contributed by atoms with Crippen LogP contribution in [0.4, 0.5) is 4.79 Å². The van der Waals surface area contributed by atoms with E-state index < -0.39 is 17.6 Å². The number of ether oxygens (including phenoxy) is 1. The maximum Gasteiger partial charge on any atom is 0.408 e. The number of hydrogen-bond donors (Lipinski definition) is 2. The van der Waals surface area contributed by atoms with Gasteiger partial charge in [0.1, 0.15) is 12.1 Å². The number of carboxylic acid groups (broad SMARTS) is 1. The van der Waals surface area contributed by atoms with E-state index in [2.05, 4.69) is 5.32 Å². The number of rotatable bonds is 4. The Balaban J connectivity index is 1.91. The summed E-state index contributed by atoms with van der Waals surface area (Å²) < 4.78 is 5.11. The van der Waals surface area contributed by atoms with Gasteiger partial charge in [-0.3, -0.25) is 0 Å². The van der Waals surface area contributed by atoms with Gasteiger partial charge in [-0.25, -0.2) is 9.59 Å². The number of hydrogen-bond acceptors (Lipinski definition) is 4. The number of piperidine rings is 1. The van der Waals surface area contributed by atoms with E-state index in [1.165, 1.54) is 0 Å². The molecule has 1 aliphatic rings. The van der Waals surface area contributed by atoms with Crippen LogP contribution in [0, 0.1) is 0 Å². The van der Waals surface area contributed by atoms with Gasteiger partial charge in [-0.2, -0.15) is 0 Å². The number of alkyl carbamates (subject to hydrolysis) is 1. The van der Waals surface area contributed by atoms with Gasteiger partial charge in [0.2, 0.25) is 0 Å². The van der Waals surface area contributed by atoms with Crippen molar-refractivity contribution in [1.82, 2.24) is 10.2 Å². The van der Waals surface area contributed by atoms with E-state index in [4.69, 9.17) is 4.74 Å². The number of carbonyl (C=O) groups excluding carboxylic acids is 1. The van der Waals surface area contributed by atoms with Crippen LogP contribution < -0.4 is 5.32 Å². The molecular weight excluding hydrogens is 272 g/mol. The second-order valence-corrected chi connectivity index (χ2v) is 5.38. The van der Waals surface area contributed by atoms with Crippen molar-refractivity contribution in [2.24, 2.45) is 0 Å². The van der Waals surface area contributed by atoms with E-state index in [1.807, 2.05) is 42.3 Å². The number of aliphatic carboxylic acids is 1. The lowest BCUT2D eigenvalue weighted by atomic mass is 9.88. The largest absolute Gasteiger partial charge is 0.480 e. The molecule has 6 heteroatoms. The zero-order chi connectivity index (χ0) is 15.3. The summed E-state index contributed by atoms with van der Waals surface area (Å²) >= 11 is 0. The smallest absolute Gasteiger partial charge is 0.408 e. The van der Waals surface area contributed by atoms with Crippen LogP contribution in [-0.2, 0) is 16.1 Å². The first-order valence-electron chi connectivity index (χ1n) is 6.93. The average Bonchev–Trinajstić information content (AvgIpc) is 2.48. The molecule has 2 N–H and O–H groups in total. The summed E-state index contributed by atoms with van der Waals surface area (Å²) in [5.41, 5.74) is -0.360. The molecule has 2 rings (SSSR count). The Kier molecular flexibility index (Phi) is 4.80. The van der Waals surface area contributed by atoms with Crippen LogP contribution in [0.3, 0.4) is 0 Å². The quantitative estimate of drug-likeness (QED) is 0.878. The Bertz CT molecular complexity index is 496. The standard InChI is InChI=1S/C15H20N2O4/c1-17-9-7-15(8-10-17,13(18)19)16-14(20)21-11-12-5-3-2-4-6-12/h2-6H,7-11H2,1H3,(H,16,20)(H,18,19).